The summed E-state index contributed by atoms with van der Waals surface area (Å²) < 4.78 is 16.5. The van der Waals surface area contributed by atoms with E-state index in [4.69, 9.17) is 13.9 Å². The van der Waals surface area contributed by atoms with E-state index in [9.17, 15) is 9.59 Å². The Kier molecular flexibility index (Phi) is 4.80. The van der Waals surface area contributed by atoms with Gasteiger partial charge in [-0.25, -0.2) is 0 Å². The van der Waals surface area contributed by atoms with Gasteiger partial charge in [0.1, 0.15) is 12.7 Å². The molecule has 138 valence electrons. The summed E-state index contributed by atoms with van der Waals surface area (Å²) in [6.07, 6.45) is 1.17. The van der Waals surface area contributed by atoms with E-state index in [1.807, 2.05) is 24.3 Å². The normalized spacial score (nSPS) is 15.2. The van der Waals surface area contributed by atoms with Gasteiger partial charge in [-0.3, -0.25) is 9.59 Å². The van der Waals surface area contributed by atoms with Crippen molar-refractivity contribution < 1.29 is 23.5 Å². The number of hydrogen-bond acceptors (Lipinski definition) is 6. The number of nitrogens with one attached hydrogen (secondary N) is 2. The molecule has 0 bridgehead atoms. The van der Waals surface area contributed by atoms with E-state index in [2.05, 4.69) is 10.6 Å². The van der Waals surface area contributed by atoms with Gasteiger partial charge in [-0.05, 0) is 36.4 Å². The van der Waals surface area contributed by atoms with E-state index >= 15 is 0 Å². The van der Waals surface area contributed by atoms with Gasteiger partial charge in [-0.15, -0.1) is 11.3 Å². The average molecular weight is 384 g/mol. The predicted octanol–water partition coefficient (Wildman–Crippen LogP) is 3.16. The maximum Gasteiger partial charge on any atom is 0.291 e. The number of carbonyl (C=O) groups excluding carboxylic acids is 2. The number of amides is 2. The van der Waals surface area contributed by atoms with Crippen LogP contribution in [0.2, 0.25) is 0 Å². The molecule has 1 unspecified atom stereocenters. The zero-order valence-electron chi connectivity index (χ0n) is 14.1. The number of anilines is 1. The average Bonchev–Trinajstić information content (AvgIpc) is 3.38. The lowest BCUT2D eigenvalue weighted by molar-refractivity contribution is 0.0791. The summed E-state index contributed by atoms with van der Waals surface area (Å²) in [6, 6.07) is 14.0. The van der Waals surface area contributed by atoms with Crippen LogP contribution >= 0.6 is 11.3 Å². The highest BCUT2D eigenvalue weighted by molar-refractivity contribution is 7.18. The lowest BCUT2D eigenvalue weighted by atomic mass is 10.2. The fraction of sp³-hybridized carbons (Fsp3) is 0.158. The first kappa shape index (κ1) is 17.2. The molecule has 0 saturated carbocycles. The molecule has 27 heavy (non-hydrogen) atoms. The van der Waals surface area contributed by atoms with E-state index in [-0.39, 0.29) is 23.7 Å². The molecule has 8 heteroatoms. The number of thiophene rings is 1. The molecule has 0 radical (unpaired) electrons. The molecule has 0 aliphatic carbocycles. The van der Waals surface area contributed by atoms with Crippen LogP contribution in [0.4, 0.5) is 5.00 Å². The van der Waals surface area contributed by atoms with Crippen molar-refractivity contribution in [3.05, 3.63) is 65.4 Å². The second kappa shape index (κ2) is 7.55. The zero-order chi connectivity index (χ0) is 18.6. The minimum absolute atomic E-state index is 0.212. The highest BCUT2D eigenvalue weighted by atomic mass is 32.1. The Hall–Kier alpha value is -3.26. The van der Waals surface area contributed by atoms with E-state index < -0.39 is 0 Å². The molecule has 0 saturated heterocycles. The highest BCUT2D eigenvalue weighted by Gasteiger charge is 2.21. The van der Waals surface area contributed by atoms with Crippen LogP contribution in [0.25, 0.3) is 0 Å². The second-order valence-electron chi connectivity index (χ2n) is 5.80. The Morgan fingerprint density at radius 1 is 1.04 bits per heavy atom. The lowest BCUT2D eigenvalue weighted by Gasteiger charge is -2.26. The number of carbonyl (C=O) groups is 2. The number of furan rings is 1. The first-order valence-corrected chi connectivity index (χ1v) is 9.12. The van der Waals surface area contributed by atoms with Gasteiger partial charge in [-0.2, -0.15) is 0 Å². The number of fused-ring (bicyclic) bond motifs is 1. The van der Waals surface area contributed by atoms with Crippen LogP contribution in [0.15, 0.2) is 59.2 Å². The number of rotatable bonds is 5. The summed E-state index contributed by atoms with van der Waals surface area (Å²) >= 11 is 1.18. The third kappa shape index (κ3) is 3.95. The van der Waals surface area contributed by atoms with E-state index in [0.29, 0.717) is 34.5 Å². The largest absolute Gasteiger partial charge is 0.486 e. The van der Waals surface area contributed by atoms with Gasteiger partial charge in [0.05, 0.1) is 22.7 Å². The Morgan fingerprint density at radius 3 is 2.70 bits per heavy atom. The maximum absolute atomic E-state index is 12.3. The molecule has 1 aliphatic rings. The van der Waals surface area contributed by atoms with Crippen molar-refractivity contribution in [1.82, 2.24) is 5.32 Å². The van der Waals surface area contributed by atoms with E-state index in [0.717, 1.165) is 0 Å². The van der Waals surface area contributed by atoms with E-state index in [1.54, 1.807) is 24.3 Å². The first-order chi connectivity index (χ1) is 13.2. The SMILES string of the molecule is O=C(Nc1ccc(C(=O)NCC2COc3ccccc3O2)s1)c1ccco1. The monoisotopic (exact) mass is 384 g/mol. The van der Waals surface area contributed by atoms with Gasteiger partial charge in [0, 0.05) is 0 Å². The fourth-order valence-electron chi connectivity index (χ4n) is 2.57. The van der Waals surface area contributed by atoms with Crippen molar-refractivity contribution in [1.29, 1.82) is 0 Å². The summed E-state index contributed by atoms with van der Waals surface area (Å²) in [4.78, 5) is 24.8. The Labute approximate surface area is 158 Å². The van der Waals surface area contributed by atoms with Crippen molar-refractivity contribution >= 4 is 28.2 Å². The van der Waals surface area contributed by atoms with Crippen LogP contribution in [0.5, 0.6) is 11.5 Å². The molecule has 3 aromatic rings. The lowest BCUT2D eigenvalue weighted by Crippen LogP contribution is -2.40. The molecular formula is C19H16N2O5S. The molecule has 0 spiro atoms. The van der Waals surface area contributed by atoms with Crippen molar-refractivity contribution in [2.24, 2.45) is 0 Å². The minimum atomic E-state index is -0.361. The summed E-state index contributed by atoms with van der Waals surface area (Å²) in [7, 11) is 0. The Bertz CT molecular complexity index is 951. The predicted molar refractivity (Wildman–Crippen MR) is 99.7 cm³/mol. The van der Waals surface area contributed by atoms with Crippen LogP contribution in [0.1, 0.15) is 20.2 Å². The van der Waals surface area contributed by atoms with E-state index in [1.165, 1.54) is 17.6 Å². The molecule has 1 atom stereocenters. The fourth-order valence-corrected chi connectivity index (χ4v) is 3.38. The summed E-state index contributed by atoms with van der Waals surface area (Å²) in [6.45, 7) is 0.686. The van der Waals surface area contributed by atoms with Crippen molar-refractivity contribution in [3.63, 3.8) is 0 Å². The van der Waals surface area contributed by atoms with Gasteiger partial charge in [0.15, 0.2) is 17.3 Å². The van der Waals surface area contributed by atoms with Gasteiger partial charge in [0.25, 0.3) is 11.8 Å². The van der Waals surface area contributed by atoms with Gasteiger partial charge in [-0.1, -0.05) is 12.1 Å². The number of benzene rings is 1. The summed E-state index contributed by atoms with van der Waals surface area (Å²) in [5, 5.41) is 6.09. The van der Waals surface area contributed by atoms with Crippen LogP contribution < -0.4 is 20.1 Å². The van der Waals surface area contributed by atoms with Gasteiger partial charge >= 0.3 is 0 Å². The van der Waals surface area contributed by atoms with Crippen LogP contribution in [-0.4, -0.2) is 31.1 Å². The van der Waals surface area contributed by atoms with Crippen molar-refractivity contribution in [3.8, 4) is 11.5 Å². The number of para-hydroxylation sites is 2. The molecule has 2 amide bonds. The third-order valence-corrected chi connectivity index (χ3v) is 4.87. The molecule has 2 aromatic heterocycles. The van der Waals surface area contributed by atoms with Gasteiger partial charge < -0.3 is 24.5 Å². The van der Waals surface area contributed by atoms with Crippen LogP contribution in [-0.2, 0) is 0 Å². The standard InChI is InChI=1S/C19H16N2O5S/c22-18(15-6-3-9-24-15)21-17-8-7-16(27-17)19(23)20-10-12-11-25-13-4-1-2-5-14(13)26-12/h1-9,12H,10-11H2,(H,20,23)(H,21,22). The molecule has 1 aliphatic heterocycles. The molecule has 3 heterocycles. The quantitative estimate of drug-likeness (QED) is 0.705. The second-order valence-corrected chi connectivity index (χ2v) is 6.89. The van der Waals surface area contributed by atoms with Crippen LogP contribution in [0.3, 0.4) is 0 Å². The maximum atomic E-state index is 12.3. The topological polar surface area (TPSA) is 89.8 Å². The molecular weight excluding hydrogens is 368 g/mol. The van der Waals surface area contributed by atoms with Crippen molar-refractivity contribution in [2.45, 2.75) is 6.10 Å². The molecule has 0 fully saturated rings. The molecule has 4 rings (SSSR count). The smallest absolute Gasteiger partial charge is 0.291 e. The molecule has 7 nitrogen and oxygen atoms in total. The number of ether oxygens (including phenoxy) is 2. The third-order valence-electron chi connectivity index (χ3n) is 3.87. The van der Waals surface area contributed by atoms with Gasteiger partial charge in [0.2, 0.25) is 0 Å². The van der Waals surface area contributed by atoms with Crippen molar-refractivity contribution in [2.75, 3.05) is 18.5 Å². The minimum Gasteiger partial charge on any atom is -0.486 e. The Morgan fingerprint density at radius 2 is 1.89 bits per heavy atom. The Balaban J connectivity index is 1.30. The molecule has 1 aromatic carbocycles. The zero-order valence-corrected chi connectivity index (χ0v) is 15.0. The highest BCUT2D eigenvalue weighted by Crippen LogP contribution is 2.30. The first-order valence-electron chi connectivity index (χ1n) is 8.30. The summed E-state index contributed by atoms with van der Waals surface area (Å²) in [5.74, 6) is 0.989. The van der Waals surface area contributed by atoms with Crippen LogP contribution in [0, 0.1) is 0 Å². The number of hydrogen-bond donors (Lipinski definition) is 2. The summed E-state index contributed by atoms with van der Waals surface area (Å²) in [5.41, 5.74) is 0. The molecule has 2 N–H and O–H groups in total.